The number of sulfone groups is 1. The average Bonchev–Trinajstić information content (AvgIpc) is 2.89. The maximum atomic E-state index is 12.8. The SMILES string of the molecule is COc1cc(N2CCN(C(C)=O)CC2)ccc1Nc1ncnc(Nc2ccccc2S(=O)(=O)C(C)C)n1. The van der Waals surface area contributed by atoms with E-state index in [0.717, 1.165) is 18.8 Å². The first-order valence-electron chi connectivity index (χ1n) is 11.9. The van der Waals surface area contributed by atoms with Crippen molar-refractivity contribution in [2.45, 2.75) is 30.9 Å². The smallest absolute Gasteiger partial charge is 0.232 e. The van der Waals surface area contributed by atoms with Crippen LogP contribution in [0.15, 0.2) is 53.7 Å². The molecule has 0 spiro atoms. The Morgan fingerprint density at radius 3 is 2.24 bits per heavy atom. The van der Waals surface area contributed by atoms with E-state index in [2.05, 4.69) is 30.5 Å². The van der Waals surface area contributed by atoms with Gasteiger partial charge in [-0.25, -0.2) is 18.4 Å². The number of ether oxygens (including phenoxy) is 1. The van der Waals surface area contributed by atoms with Crippen molar-refractivity contribution in [2.24, 2.45) is 0 Å². The summed E-state index contributed by atoms with van der Waals surface area (Å²) in [5, 5.41) is 5.58. The molecule has 1 aromatic heterocycles. The number of hydrogen-bond donors (Lipinski definition) is 2. The van der Waals surface area contributed by atoms with Gasteiger partial charge in [0.05, 0.1) is 28.6 Å². The van der Waals surface area contributed by atoms with E-state index >= 15 is 0 Å². The van der Waals surface area contributed by atoms with Crippen LogP contribution < -0.4 is 20.3 Å². The predicted molar refractivity (Wildman–Crippen MR) is 143 cm³/mol. The van der Waals surface area contributed by atoms with E-state index in [1.807, 2.05) is 23.1 Å². The monoisotopic (exact) mass is 525 g/mol. The number of carbonyl (C=O) groups is 1. The fourth-order valence-corrected chi connectivity index (χ4v) is 5.19. The van der Waals surface area contributed by atoms with E-state index in [9.17, 15) is 13.2 Å². The van der Waals surface area contributed by atoms with Gasteiger partial charge in [0.25, 0.3) is 0 Å². The second-order valence-electron chi connectivity index (χ2n) is 8.85. The molecule has 1 aliphatic rings. The Labute approximate surface area is 216 Å². The van der Waals surface area contributed by atoms with Gasteiger partial charge in [-0.1, -0.05) is 12.1 Å². The standard InChI is InChI=1S/C25H31N7O4S/c1-17(2)37(34,35)23-8-6-5-7-21(23)29-25-27-16-26-24(30-25)28-20-10-9-19(15-22(20)36-4)32-13-11-31(12-14-32)18(3)33/h5-10,15-17H,11-14H2,1-4H3,(H2,26,27,28,29,30). The first kappa shape index (κ1) is 26.1. The van der Waals surface area contributed by atoms with Crippen molar-refractivity contribution < 1.29 is 17.9 Å². The van der Waals surface area contributed by atoms with Crippen LogP contribution in [0.5, 0.6) is 5.75 Å². The minimum atomic E-state index is -3.51. The Morgan fingerprint density at radius 1 is 0.973 bits per heavy atom. The van der Waals surface area contributed by atoms with Crippen LogP contribution >= 0.6 is 0 Å². The van der Waals surface area contributed by atoms with Crippen molar-refractivity contribution in [1.82, 2.24) is 19.9 Å². The zero-order chi connectivity index (χ0) is 26.6. The molecule has 1 amide bonds. The quantitative estimate of drug-likeness (QED) is 0.452. The number of anilines is 5. The van der Waals surface area contributed by atoms with Crippen molar-refractivity contribution in [2.75, 3.05) is 48.8 Å². The highest BCUT2D eigenvalue weighted by Gasteiger charge is 2.23. The van der Waals surface area contributed by atoms with Crippen molar-refractivity contribution in [3.63, 3.8) is 0 Å². The van der Waals surface area contributed by atoms with Crippen molar-refractivity contribution in [3.8, 4) is 5.75 Å². The summed E-state index contributed by atoms with van der Waals surface area (Å²) in [4.78, 5) is 28.6. The first-order valence-corrected chi connectivity index (χ1v) is 13.5. The molecule has 2 aromatic carbocycles. The van der Waals surface area contributed by atoms with E-state index in [-0.39, 0.29) is 22.7 Å². The Hall–Kier alpha value is -3.93. The summed E-state index contributed by atoms with van der Waals surface area (Å²) in [5.41, 5.74) is 2.04. The number of benzene rings is 2. The minimum Gasteiger partial charge on any atom is -0.494 e. The number of nitrogens with one attached hydrogen (secondary N) is 2. The highest BCUT2D eigenvalue weighted by molar-refractivity contribution is 7.92. The lowest BCUT2D eigenvalue weighted by atomic mass is 10.2. The van der Waals surface area contributed by atoms with Gasteiger partial charge in [0, 0.05) is 44.9 Å². The highest BCUT2D eigenvalue weighted by atomic mass is 32.2. The maximum Gasteiger partial charge on any atom is 0.232 e. The number of methoxy groups -OCH3 is 1. The summed E-state index contributed by atoms with van der Waals surface area (Å²) in [5.74, 6) is 1.16. The Balaban J connectivity index is 1.51. The van der Waals surface area contributed by atoms with Crippen LogP contribution in [0.1, 0.15) is 20.8 Å². The molecule has 1 saturated heterocycles. The molecule has 37 heavy (non-hydrogen) atoms. The van der Waals surface area contributed by atoms with Crippen LogP contribution in [0, 0.1) is 0 Å². The number of carbonyl (C=O) groups excluding carboxylic acids is 1. The summed E-state index contributed by atoms with van der Waals surface area (Å²) in [7, 11) is -1.92. The molecule has 0 bridgehead atoms. The number of amides is 1. The summed E-state index contributed by atoms with van der Waals surface area (Å²) in [6.07, 6.45) is 1.34. The second-order valence-corrected chi connectivity index (χ2v) is 11.3. The molecule has 1 fully saturated rings. The van der Waals surface area contributed by atoms with Gasteiger partial charge in [-0.15, -0.1) is 0 Å². The molecule has 0 aliphatic carbocycles. The number of hydrogen-bond acceptors (Lipinski definition) is 10. The Bertz CT molecular complexity index is 1370. The van der Waals surface area contributed by atoms with E-state index in [1.165, 1.54) is 6.33 Å². The first-order chi connectivity index (χ1) is 17.7. The largest absolute Gasteiger partial charge is 0.494 e. The van der Waals surface area contributed by atoms with E-state index < -0.39 is 15.1 Å². The van der Waals surface area contributed by atoms with Crippen molar-refractivity contribution >= 4 is 44.7 Å². The summed E-state index contributed by atoms with van der Waals surface area (Å²) >= 11 is 0. The number of nitrogens with zero attached hydrogens (tertiary/aromatic N) is 5. The van der Waals surface area contributed by atoms with E-state index in [4.69, 9.17) is 4.74 Å². The lowest BCUT2D eigenvalue weighted by Crippen LogP contribution is -2.48. The highest BCUT2D eigenvalue weighted by Crippen LogP contribution is 2.32. The molecule has 0 atom stereocenters. The topological polar surface area (TPSA) is 130 Å². The molecule has 11 nitrogen and oxygen atoms in total. The zero-order valence-corrected chi connectivity index (χ0v) is 22.1. The molecule has 0 radical (unpaired) electrons. The van der Waals surface area contributed by atoms with Gasteiger partial charge in [-0.05, 0) is 38.1 Å². The molecule has 12 heteroatoms. The van der Waals surface area contributed by atoms with Crippen LogP contribution in [-0.4, -0.2) is 72.7 Å². The number of aromatic nitrogens is 3. The van der Waals surface area contributed by atoms with Gasteiger partial charge < -0.3 is 25.2 Å². The Kier molecular flexibility index (Phi) is 7.77. The predicted octanol–water partition coefficient (Wildman–Crippen LogP) is 3.22. The summed E-state index contributed by atoms with van der Waals surface area (Å²) in [6, 6.07) is 12.4. The molecule has 2 heterocycles. The van der Waals surface area contributed by atoms with Crippen LogP contribution in [0.2, 0.25) is 0 Å². The van der Waals surface area contributed by atoms with Gasteiger partial charge in [0.15, 0.2) is 9.84 Å². The lowest BCUT2D eigenvalue weighted by molar-refractivity contribution is -0.129. The second kappa shape index (κ2) is 11.0. The van der Waals surface area contributed by atoms with Crippen molar-refractivity contribution in [3.05, 3.63) is 48.8 Å². The minimum absolute atomic E-state index is 0.0908. The molecule has 0 saturated carbocycles. The summed E-state index contributed by atoms with van der Waals surface area (Å²) < 4.78 is 31.1. The molecule has 0 unspecified atom stereocenters. The van der Waals surface area contributed by atoms with Gasteiger partial charge in [-0.3, -0.25) is 4.79 Å². The molecule has 1 aliphatic heterocycles. The normalized spacial score (nSPS) is 14.0. The molecular weight excluding hydrogens is 494 g/mol. The fraction of sp³-hybridized carbons (Fsp3) is 0.360. The van der Waals surface area contributed by atoms with Crippen molar-refractivity contribution in [1.29, 1.82) is 0 Å². The van der Waals surface area contributed by atoms with Crippen LogP contribution in [0.3, 0.4) is 0 Å². The molecule has 3 aromatic rings. The number of piperazine rings is 1. The van der Waals surface area contributed by atoms with E-state index in [0.29, 0.717) is 30.2 Å². The third-order valence-corrected chi connectivity index (χ3v) is 8.36. The molecule has 196 valence electrons. The number of para-hydroxylation sites is 1. The van der Waals surface area contributed by atoms with Gasteiger partial charge in [-0.2, -0.15) is 4.98 Å². The van der Waals surface area contributed by atoms with Crippen LogP contribution in [0.25, 0.3) is 0 Å². The van der Waals surface area contributed by atoms with Crippen LogP contribution in [-0.2, 0) is 14.6 Å². The third-order valence-electron chi connectivity index (χ3n) is 6.15. The van der Waals surface area contributed by atoms with Gasteiger partial charge >= 0.3 is 0 Å². The third kappa shape index (κ3) is 5.91. The Morgan fingerprint density at radius 2 is 1.62 bits per heavy atom. The number of rotatable bonds is 8. The molecule has 4 rings (SSSR count). The van der Waals surface area contributed by atoms with Gasteiger partial charge in [0.2, 0.25) is 17.8 Å². The average molecular weight is 526 g/mol. The molecule has 2 N–H and O–H groups in total. The maximum absolute atomic E-state index is 12.8. The van der Waals surface area contributed by atoms with Crippen LogP contribution in [0.4, 0.5) is 29.0 Å². The lowest BCUT2D eigenvalue weighted by Gasteiger charge is -2.35. The molecular formula is C25H31N7O4S. The van der Waals surface area contributed by atoms with E-state index in [1.54, 1.807) is 52.1 Å². The zero-order valence-electron chi connectivity index (χ0n) is 21.3. The fourth-order valence-electron chi connectivity index (χ4n) is 3.99. The summed E-state index contributed by atoms with van der Waals surface area (Å²) in [6.45, 7) is 7.72. The van der Waals surface area contributed by atoms with Gasteiger partial charge in [0.1, 0.15) is 12.1 Å².